The van der Waals surface area contributed by atoms with E-state index in [-0.39, 0.29) is 0 Å². The van der Waals surface area contributed by atoms with Gasteiger partial charge in [-0.05, 0) is 309 Å². The summed E-state index contributed by atoms with van der Waals surface area (Å²) >= 11 is 0. The predicted octanol–water partition coefficient (Wildman–Crippen LogP) is 38.4. The molecule has 148 heavy (non-hydrogen) atoms. The van der Waals surface area contributed by atoms with Crippen LogP contribution in [0.2, 0.25) is 0 Å². The number of hydrogen-bond donors (Lipinski definition) is 0. The van der Waals surface area contributed by atoms with Crippen molar-refractivity contribution >= 4 is 206 Å². The second kappa shape index (κ2) is 34.0. The van der Waals surface area contributed by atoms with Gasteiger partial charge in [0.1, 0.15) is 0 Å². The summed E-state index contributed by atoms with van der Waals surface area (Å²) in [5, 5.41) is 33.1. The van der Waals surface area contributed by atoms with E-state index >= 15 is 0 Å². The minimum atomic E-state index is 1.16. The third-order valence-electron chi connectivity index (χ3n) is 31.2. The Morgan fingerprint density at radius 2 is 0.318 bits per heavy atom. The van der Waals surface area contributed by atoms with E-state index in [1.165, 1.54) is 279 Å². The first-order valence-corrected chi connectivity index (χ1v) is 51.1. The molecular formula is C142H90N6. The van der Waals surface area contributed by atoms with Crippen LogP contribution >= 0.6 is 0 Å². The highest BCUT2D eigenvalue weighted by Gasteiger charge is 2.26. The van der Waals surface area contributed by atoms with Crippen molar-refractivity contribution in [1.82, 2.24) is 27.4 Å². The van der Waals surface area contributed by atoms with Crippen molar-refractivity contribution in [1.29, 1.82) is 0 Å². The number of hydrogen-bond acceptors (Lipinski definition) is 0. The van der Waals surface area contributed by atoms with E-state index in [2.05, 4.69) is 573 Å². The van der Waals surface area contributed by atoms with Crippen molar-refractivity contribution in [2.75, 3.05) is 0 Å². The Balaban J connectivity index is 0.000000103. The zero-order valence-electron chi connectivity index (χ0n) is 80.6. The summed E-state index contributed by atoms with van der Waals surface area (Å²) in [6.07, 6.45) is 0. The Hall–Kier alpha value is -19.7. The number of rotatable bonds is 10. The average molecular weight is 1880 g/mol. The predicted molar refractivity (Wildman–Crippen MR) is 630 cm³/mol. The first kappa shape index (κ1) is 84.1. The first-order chi connectivity index (χ1) is 73.4. The van der Waals surface area contributed by atoms with Crippen molar-refractivity contribution in [3.63, 3.8) is 0 Å². The number of fused-ring (bicyclic) bond motifs is 31. The lowest BCUT2D eigenvalue weighted by molar-refractivity contribution is 1.18. The Kier molecular flexibility index (Phi) is 19.3. The van der Waals surface area contributed by atoms with Crippen molar-refractivity contribution in [3.05, 3.63) is 546 Å². The Morgan fingerprint density at radius 3 is 0.696 bits per heavy atom. The molecule has 0 aliphatic rings. The highest BCUT2D eigenvalue weighted by molar-refractivity contribution is 6.33. The number of aromatic nitrogens is 6. The molecule has 6 heteroatoms. The van der Waals surface area contributed by atoms with Crippen LogP contribution < -0.4 is 0 Å². The van der Waals surface area contributed by atoms with Gasteiger partial charge in [-0.3, -0.25) is 0 Å². The summed E-state index contributed by atoms with van der Waals surface area (Å²) in [5.41, 5.74) is 31.4. The van der Waals surface area contributed by atoms with Crippen molar-refractivity contribution in [3.8, 4) is 78.6 Å². The van der Waals surface area contributed by atoms with Crippen LogP contribution in [0.25, 0.3) is 285 Å². The van der Waals surface area contributed by atoms with E-state index < -0.39 is 0 Å². The van der Waals surface area contributed by atoms with E-state index in [1.54, 1.807) is 0 Å². The van der Waals surface area contributed by atoms with Crippen LogP contribution in [-0.2, 0) is 0 Å². The SMILES string of the molecule is c1ccc(-n2c3ccc(-c4ccc5c(c4)c4c6ccccc6c6ccccc6c4n5-c4ccccc4)cc3c3cc4ccccc4cc32)cc1.c1ccc(-n2c3ccccc3c3cc(-c4ccc5c(c4)c4cc(-c6ccc7c8ccccc8c8ccccc8c7c6)ccc4n5-c4ccccc4)ccc32)cc1.c1ccc(-n2c3ccccc3c3cc(-c4ccc5c(c4)c4ccccc4n5-c4ccc5ccccc5c4)ccc32)cc1. The number of para-hydroxylation sites is 8. The monoisotopic (exact) mass is 1880 g/mol. The molecule has 26 aromatic carbocycles. The van der Waals surface area contributed by atoms with E-state index in [9.17, 15) is 0 Å². The molecule has 0 atom stereocenters. The molecule has 6 nitrogen and oxygen atoms in total. The van der Waals surface area contributed by atoms with Crippen LogP contribution in [0.5, 0.6) is 0 Å². The van der Waals surface area contributed by atoms with Gasteiger partial charge in [-0.15, -0.1) is 0 Å². The van der Waals surface area contributed by atoms with Crippen LogP contribution in [0, 0.1) is 0 Å². The van der Waals surface area contributed by atoms with Gasteiger partial charge in [-0.2, -0.15) is 0 Å². The molecule has 0 aliphatic carbocycles. The lowest BCUT2D eigenvalue weighted by atomic mass is 9.92. The summed E-state index contributed by atoms with van der Waals surface area (Å²) < 4.78 is 14.4. The summed E-state index contributed by atoms with van der Waals surface area (Å²) in [6.45, 7) is 0. The van der Waals surface area contributed by atoms with E-state index in [1.807, 2.05) is 0 Å². The zero-order valence-corrected chi connectivity index (χ0v) is 80.6. The molecule has 0 radical (unpaired) electrons. The third-order valence-corrected chi connectivity index (χ3v) is 31.2. The van der Waals surface area contributed by atoms with Gasteiger partial charge in [0.05, 0.1) is 66.2 Å². The van der Waals surface area contributed by atoms with Gasteiger partial charge in [0.2, 0.25) is 0 Å². The zero-order chi connectivity index (χ0) is 97.1. The van der Waals surface area contributed by atoms with E-state index in [4.69, 9.17) is 0 Å². The van der Waals surface area contributed by atoms with Crippen molar-refractivity contribution in [2.45, 2.75) is 0 Å². The van der Waals surface area contributed by atoms with Crippen LogP contribution in [-0.4, -0.2) is 27.4 Å². The second-order valence-corrected chi connectivity index (χ2v) is 39.3. The quantitative estimate of drug-likeness (QED) is 0.122. The van der Waals surface area contributed by atoms with Gasteiger partial charge in [-0.25, -0.2) is 0 Å². The molecule has 0 spiro atoms. The molecule has 0 unspecified atom stereocenters. The fraction of sp³-hybridized carbons (Fsp3) is 0. The third kappa shape index (κ3) is 13.4. The second-order valence-electron chi connectivity index (χ2n) is 39.3. The minimum absolute atomic E-state index is 1.16. The van der Waals surface area contributed by atoms with E-state index in [0.717, 1.165) is 5.69 Å². The van der Waals surface area contributed by atoms with E-state index in [0.29, 0.717) is 0 Å². The average Bonchev–Trinajstić information content (AvgIpc) is 1.53. The minimum Gasteiger partial charge on any atom is -0.309 e. The number of nitrogens with zero attached hydrogens (tertiary/aromatic N) is 6. The van der Waals surface area contributed by atoms with Crippen molar-refractivity contribution in [2.24, 2.45) is 0 Å². The molecule has 32 rings (SSSR count). The normalized spacial score (nSPS) is 11.9. The highest BCUT2D eigenvalue weighted by atomic mass is 15.0. The van der Waals surface area contributed by atoms with Crippen LogP contribution in [0.1, 0.15) is 0 Å². The molecule has 0 amide bonds. The molecule has 6 aromatic heterocycles. The van der Waals surface area contributed by atoms with Gasteiger partial charge in [-0.1, -0.05) is 352 Å². The van der Waals surface area contributed by atoms with Gasteiger partial charge in [0.15, 0.2) is 0 Å². The van der Waals surface area contributed by atoms with Crippen molar-refractivity contribution < 1.29 is 0 Å². The molecule has 0 aliphatic heterocycles. The topological polar surface area (TPSA) is 29.6 Å². The molecule has 6 heterocycles. The fourth-order valence-corrected chi connectivity index (χ4v) is 24.5. The molecular weight excluding hydrogens is 1790 g/mol. The maximum Gasteiger partial charge on any atom is 0.0625 e. The molecule has 0 fully saturated rings. The summed E-state index contributed by atoms with van der Waals surface area (Å²) in [5.74, 6) is 0. The van der Waals surface area contributed by atoms with Gasteiger partial charge in [0.25, 0.3) is 0 Å². The Labute approximate surface area is 852 Å². The smallest absolute Gasteiger partial charge is 0.0625 e. The molecule has 32 aromatic rings. The maximum atomic E-state index is 2.46. The van der Waals surface area contributed by atoms with Crippen LogP contribution in [0.4, 0.5) is 0 Å². The highest BCUT2D eigenvalue weighted by Crippen LogP contribution is 2.49. The maximum absolute atomic E-state index is 2.46. The lowest BCUT2D eigenvalue weighted by Crippen LogP contribution is -1.94. The van der Waals surface area contributed by atoms with Crippen LogP contribution in [0.3, 0.4) is 0 Å². The molecule has 0 bridgehead atoms. The molecule has 0 saturated carbocycles. The molecule has 0 N–H and O–H groups in total. The standard InChI is InChI=1S/C54H34N2.C48H30N2.C40H26N2/c1-3-13-39(14-4-1)55-51-22-12-11-21-46(51)48-32-36(24-28-52(48)55)38-26-30-54-50(34-38)49-33-37(25-29-53(49)56(54)40-15-5-2-6-16-40)35-23-27-45-43-19-8-7-17-41(43)42-18-9-10-20-44(42)47(45)31-35;1-3-15-35(16-4-1)49-44-25-23-33(28-41(44)42-27-31-13-7-8-14-32(31)30-46(42)49)34-24-26-45-43(29-34)47-39-21-11-9-19-37(39)38-20-10-12-22-40(38)48(47)50(45)36-17-5-2-6-18-36;1-2-12-31(13-3-1)41-37-16-8-6-14-33(37)35-25-29(19-22-39(35)41)30-20-23-40-36(26-30)34-15-7-9-17-38(34)42(40)32-21-18-27-10-4-5-11-28(27)24-32/h1-34H;1-30H;1-26H. The van der Waals surface area contributed by atoms with Gasteiger partial charge < -0.3 is 27.4 Å². The summed E-state index contributed by atoms with van der Waals surface area (Å²) in [6, 6.07) is 200. The number of benzene rings is 26. The summed E-state index contributed by atoms with van der Waals surface area (Å²) in [7, 11) is 0. The Morgan fingerprint density at radius 1 is 0.0946 bits per heavy atom. The Bertz CT molecular complexity index is 11000. The van der Waals surface area contributed by atoms with Crippen LogP contribution in [0.15, 0.2) is 546 Å². The lowest BCUT2D eigenvalue weighted by Gasteiger charge is -2.12. The van der Waals surface area contributed by atoms with Gasteiger partial charge in [0, 0.05) is 104 Å². The first-order valence-electron chi connectivity index (χ1n) is 51.1. The fourth-order valence-electron chi connectivity index (χ4n) is 24.5. The summed E-state index contributed by atoms with van der Waals surface area (Å²) in [4.78, 5) is 0. The molecule has 0 saturated heterocycles. The van der Waals surface area contributed by atoms with Gasteiger partial charge >= 0.3 is 0 Å². The largest absolute Gasteiger partial charge is 0.309 e. The molecule has 688 valence electrons.